The van der Waals surface area contributed by atoms with E-state index in [-0.39, 0.29) is 6.29 Å². The van der Waals surface area contributed by atoms with Crippen molar-refractivity contribution in [3.8, 4) is 0 Å². The second-order valence-electron chi connectivity index (χ2n) is 6.76. The molecule has 22 heavy (non-hydrogen) atoms. The van der Waals surface area contributed by atoms with Crippen LogP contribution in [0.25, 0.3) is 0 Å². The highest BCUT2D eigenvalue weighted by Crippen LogP contribution is 2.39. The van der Waals surface area contributed by atoms with Crippen LogP contribution in [0.15, 0.2) is 12.2 Å². The Morgan fingerprint density at radius 1 is 0.955 bits per heavy atom. The van der Waals surface area contributed by atoms with Gasteiger partial charge in [-0.3, -0.25) is 0 Å². The smallest absolute Gasteiger partial charge is 0.156 e. The van der Waals surface area contributed by atoms with Crippen LogP contribution in [-0.2, 0) is 9.47 Å². The molecule has 3 heteroatoms. The molecule has 0 unspecified atom stereocenters. The maximum absolute atomic E-state index is 10.2. The SMILES string of the molecule is C=C(CCCCCCCCCCC(OC)OC)C1(O)CCC1. The van der Waals surface area contributed by atoms with Crippen LogP contribution in [0.3, 0.4) is 0 Å². The van der Waals surface area contributed by atoms with E-state index >= 15 is 0 Å². The summed E-state index contributed by atoms with van der Waals surface area (Å²) in [6.07, 6.45) is 15.2. The van der Waals surface area contributed by atoms with Crippen molar-refractivity contribution in [2.45, 2.75) is 95.4 Å². The summed E-state index contributed by atoms with van der Waals surface area (Å²) in [5, 5.41) is 10.2. The van der Waals surface area contributed by atoms with E-state index in [4.69, 9.17) is 9.47 Å². The molecule has 1 fully saturated rings. The molecule has 0 aromatic heterocycles. The average Bonchev–Trinajstić information content (AvgIpc) is 2.50. The average molecular weight is 312 g/mol. The van der Waals surface area contributed by atoms with Crippen molar-refractivity contribution in [2.24, 2.45) is 0 Å². The number of methoxy groups -OCH3 is 2. The van der Waals surface area contributed by atoms with Gasteiger partial charge in [0.05, 0.1) is 5.60 Å². The first-order valence-electron chi connectivity index (χ1n) is 9.08. The first kappa shape index (κ1) is 19.7. The molecular weight excluding hydrogens is 276 g/mol. The number of hydrogen-bond acceptors (Lipinski definition) is 3. The molecule has 0 atom stereocenters. The van der Waals surface area contributed by atoms with Crippen molar-refractivity contribution in [1.29, 1.82) is 0 Å². The van der Waals surface area contributed by atoms with Gasteiger partial charge in [-0.1, -0.05) is 45.1 Å². The fourth-order valence-corrected chi connectivity index (χ4v) is 3.14. The lowest BCUT2D eigenvalue weighted by Gasteiger charge is -2.38. The fraction of sp³-hybridized carbons (Fsp3) is 0.895. The van der Waals surface area contributed by atoms with Gasteiger partial charge >= 0.3 is 0 Å². The fourth-order valence-electron chi connectivity index (χ4n) is 3.14. The molecule has 0 aromatic rings. The van der Waals surface area contributed by atoms with Crippen LogP contribution in [0.2, 0.25) is 0 Å². The molecule has 0 amide bonds. The summed E-state index contributed by atoms with van der Waals surface area (Å²) < 4.78 is 10.4. The molecule has 1 rings (SSSR count). The van der Waals surface area contributed by atoms with Crippen LogP contribution in [0.5, 0.6) is 0 Å². The highest BCUT2D eigenvalue weighted by Gasteiger charge is 2.36. The summed E-state index contributed by atoms with van der Waals surface area (Å²) in [5.74, 6) is 0. The van der Waals surface area contributed by atoms with E-state index in [0.717, 1.165) is 37.7 Å². The first-order valence-corrected chi connectivity index (χ1v) is 9.08. The molecule has 130 valence electrons. The Morgan fingerprint density at radius 2 is 1.45 bits per heavy atom. The van der Waals surface area contributed by atoms with Gasteiger partial charge in [0.15, 0.2) is 6.29 Å². The number of rotatable bonds is 14. The van der Waals surface area contributed by atoms with Crippen molar-refractivity contribution in [3.05, 3.63) is 12.2 Å². The Hall–Kier alpha value is -0.380. The molecule has 1 aliphatic rings. The van der Waals surface area contributed by atoms with Gasteiger partial charge in [0.2, 0.25) is 0 Å². The zero-order chi connectivity index (χ0) is 16.3. The zero-order valence-corrected chi connectivity index (χ0v) is 14.7. The van der Waals surface area contributed by atoms with Gasteiger partial charge in [-0.2, -0.15) is 0 Å². The van der Waals surface area contributed by atoms with Crippen LogP contribution >= 0.6 is 0 Å². The highest BCUT2D eigenvalue weighted by molar-refractivity contribution is 5.16. The van der Waals surface area contributed by atoms with Gasteiger partial charge in [0.1, 0.15) is 0 Å². The molecule has 0 radical (unpaired) electrons. The summed E-state index contributed by atoms with van der Waals surface area (Å²) in [4.78, 5) is 0. The maximum atomic E-state index is 10.2. The highest BCUT2D eigenvalue weighted by atomic mass is 16.7. The van der Waals surface area contributed by atoms with Crippen LogP contribution < -0.4 is 0 Å². The topological polar surface area (TPSA) is 38.7 Å². The van der Waals surface area contributed by atoms with Crippen LogP contribution in [0.1, 0.15) is 83.5 Å². The number of hydrogen-bond donors (Lipinski definition) is 1. The van der Waals surface area contributed by atoms with Gasteiger partial charge in [-0.05, 0) is 50.5 Å². The van der Waals surface area contributed by atoms with Crippen LogP contribution in [0, 0.1) is 0 Å². The summed E-state index contributed by atoms with van der Waals surface area (Å²) >= 11 is 0. The molecule has 0 bridgehead atoms. The van der Waals surface area contributed by atoms with E-state index in [1.54, 1.807) is 14.2 Å². The minimum atomic E-state index is -0.498. The molecule has 0 saturated heterocycles. The third-order valence-corrected chi connectivity index (χ3v) is 5.03. The molecule has 0 heterocycles. The molecule has 1 N–H and O–H groups in total. The van der Waals surface area contributed by atoms with Gasteiger partial charge < -0.3 is 14.6 Å². The molecule has 0 aromatic carbocycles. The molecule has 1 saturated carbocycles. The van der Waals surface area contributed by atoms with E-state index in [9.17, 15) is 5.11 Å². The van der Waals surface area contributed by atoms with Crippen molar-refractivity contribution in [1.82, 2.24) is 0 Å². The van der Waals surface area contributed by atoms with Gasteiger partial charge in [-0.25, -0.2) is 0 Å². The zero-order valence-electron chi connectivity index (χ0n) is 14.7. The van der Waals surface area contributed by atoms with Gasteiger partial charge in [0.25, 0.3) is 0 Å². The Morgan fingerprint density at radius 3 is 1.91 bits per heavy atom. The van der Waals surface area contributed by atoms with Crippen molar-refractivity contribution < 1.29 is 14.6 Å². The first-order chi connectivity index (χ1) is 10.6. The van der Waals surface area contributed by atoms with E-state index in [1.807, 2.05) is 0 Å². The Kier molecular flexibility index (Phi) is 10.0. The van der Waals surface area contributed by atoms with Gasteiger partial charge in [-0.15, -0.1) is 0 Å². The number of ether oxygens (including phenoxy) is 2. The normalized spacial score (nSPS) is 16.7. The predicted molar refractivity (Wildman–Crippen MR) is 91.9 cm³/mol. The summed E-state index contributed by atoms with van der Waals surface area (Å²) in [7, 11) is 3.40. The van der Waals surface area contributed by atoms with Crippen LogP contribution in [0.4, 0.5) is 0 Å². The van der Waals surface area contributed by atoms with E-state index in [0.29, 0.717) is 0 Å². The molecule has 0 aliphatic heterocycles. The molecule has 1 aliphatic carbocycles. The third-order valence-electron chi connectivity index (χ3n) is 5.03. The van der Waals surface area contributed by atoms with E-state index in [2.05, 4.69) is 6.58 Å². The Balaban J connectivity index is 1.83. The second-order valence-corrected chi connectivity index (χ2v) is 6.76. The maximum Gasteiger partial charge on any atom is 0.156 e. The second kappa shape index (κ2) is 11.2. The van der Waals surface area contributed by atoms with Crippen molar-refractivity contribution in [3.63, 3.8) is 0 Å². The summed E-state index contributed by atoms with van der Waals surface area (Å²) in [6, 6.07) is 0. The number of aliphatic hydroxyl groups is 1. The van der Waals surface area contributed by atoms with Crippen LogP contribution in [-0.4, -0.2) is 31.2 Å². The monoisotopic (exact) mass is 312 g/mol. The van der Waals surface area contributed by atoms with Crippen molar-refractivity contribution >= 4 is 0 Å². The molecular formula is C19H36O3. The van der Waals surface area contributed by atoms with Crippen molar-refractivity contribution in [2.75, 3.05) is 14.2 Å². The van der Waals surface area contributed by atoms with E-state index in [1.165, 1.54) is 51.4 Å². The quantitative estimate of drug-likeness (QED) is 0.279. The summed E-state index contributed by atoms with van der Waals surface area (Å²) in [5.41, 5.74) is 0.576. The number of unbranched alkanes of at least 4 members (excludes halogenated alkanes) is 7. The third kappa shape index (κ3) is 7.26. The standard InChI is InChI=1S/C19H36O3/c1-17(19(20)15-12-16-19)13-10-8-6-4-5-7-9-11-14-18(21-2)22-3/h18,20H,1,4-16H2,2-3H3. The molecule has 0 spiro atoms. The summed E-state index contributed by atoms with van der Waals surface area (Å²) in [6.45, 7) is 4.07. The Labute approximate surface area is 137 Å². The lowest BCUT2D eigenvalue weighted by Crippen LogP contribution is -2.38. The lowest BCUT2D eigenvalue weighted by atomic mass is 9.74. The minimum Gasteiger partial charge on any atom is -0.386 e. The largest absolute Gasteiger partial charge is 0.386 e. The minimum absolute atomic E-state index is 0.0291. The van der Waals surface area contributed by atoms with E-state index < -0.39 is 5.60 Å². The predicted octanol–water partition coefficient (Wildman–Crippen LogP) is 4.98. The Bertz CT molecular complexity index is 293. The molecule has 3 nitrogen and oxygen atoms in total. The lowest BCUT2D eigenvalue weighted by molar-refractivity contribution is -0.107. The van der Waals surface area contributed by atoms with Gasteiger partial charge in [0, 0.05) is 14.2 Å².